The minimum Gasteiger partial charge on any atom is -0.495 e. The van der Waals surface area contributed by atoms with Crippen molar-refractivity contribution >= 4 is 23.4 Å². The van der Waals surface area contributed by atoms with Crippen molar-refractivity contribution in [2.75, 3.05) is 12.4 Å². The number of ether oxygens (including phenoxy) is 1. The molecular formula is C17H16FN5O2S. The van der Waals surface area contributed by atoms with Crippen molar-refractivity contribution in [1.82, 2.24) is 20.2 Å². The SMILES string of the molecule is COc1ccccc1NC(=O)[C@H](C)Sc1nnnn1-c1cccc(F)c1. The lowest BCUT2D eigenvalue weighted by molar-refractivity contribution is -0.115. The van der Waals surface area contributed by atoms with Gasteiger partial charge in [0.2, 0.25) is 11.1 Å². The Morgan fingerprint density at radius 3 is 2.85 bits per heavy atom. The molecule has 0 unspecified atom stereocenters. The van der Waals surface area contributed by atoms with Crippen LogP contribution in [0.5, 0.6) is 5.75 Å². The lowest BCUT2D eigenvalue weighted by Crippen LogP contribution is -2.23. The number of carbonyl (C=O) groups is 1. The molecule has 0 saturated carbocycles. The first-order valence-electron chi connectivity index (χ1n) is 7.73. The van der Waals surface area contributed by atoms with Crippen molar-refractivity contribution in [3.05, 3.63) is 54.3 Å². The molecule has 0 bridgehead atoms. The lowest BCUT2D eigenvalue weighted by Gasteiger charge is -2.13. The van der Waals surface area contributed by atoms with Gasteiger partial charge >= 0.3 is 0 Å². The molecule has 0 spiro atoms. The standard InChI is InChI=1S/C17H16FN5O2S/c1-11(16(24)19-14-8-3-4-9-15(14)25-2)26-17-20-21-22-23(17)13-7-5-6-12(18)10-13/h3-11H,1-2H3,(H,19,24)/t11-/m0/s1. The number of hydrogen-bond donors (Lipinski definition) is 1. The third-order valence-corrected chi connectivity index (χ3v) is 4.54. The number of nitrogens with one attached hydrogen (secondary N) is 1. The average molecular weight is 373 g/mol. The molecule has 0 aliphatic rings. The Hall–Kier alpha value is -2.94. The minimum atomic E-state index is -0.488. The summed E-state index contributed by atoms with van der Waals surface area (Å²) in [7, 11) is 1.54. The van der Waals surface area contributed by atoms with Crippen LogP contribution in [0.4, 0.5) is 10.1 Å². The number of tetrazole rings is 1. The maximum Gasteiger partial charge on any atom is 0.237 e. The van der Waals surface area contributed by atoms with E-state index in [1.807, 2.05) is 6.07 Å². The van der Waals surface area contributed by atoms with Gasteiger partial charge in [-0.05, 0) is 47.7 Å². The molecule has 0 aliphatic heterocycles. The van der Waals surface area contributed by atoms with Gasteiger partial charge in [0.05, 0.1) is 23.7 Å². The fourth-order valence-corrected chi connectivity index (χ4v) is 3.02. The molecule has 1 N–H and O–H groups in total. The molecule has 9 heteroatoms. The van der Waals surface area contributed by atoms with Crippen LogP contribution in [0.15, 0.2) is 53.7 Å². The predicted molar refractivity (Wildman–Crippen MR) is 96.1 cm³/mol. The highest BCUT2D eigenvalue weighted by atomic mass is 32.2. The van der Waals surface area contributed by atoms with Crippen LogP contribution in [0.25, 0.3) is 5.69 Å². The van der Waals surface area contributed by atoms with E-state index in [4.69, 9.17) is 4.74 Å². The summed E-state index contributed by atoms with van der Waals surface area (Å²) in [5, 5.41) is 14.1. The van der Waals surface area contributed by atoms with Gasteiger partial charge in [-0.3, -0.25) is 4.79 Å². The summed E-state index contributed by atoms with van der Waals surface area (Å²) in [5.41, 5.74) is 1.06. The van der Waals surface area contributed by atoms with Crippen molar-refractivity contribution in [3.63, 3.8) is 0 Å². The molecular weight excluding hydrogens is 357 g/mol. The molecule has 3 aromatic rings. The summed E-state index contributed by atoms with van der Waals surface area (Å²) in [4.78, 5) is 12.5. The van der Waals surface area contributed by atoms with Crippen LogP contribution in [-0.2, 0) is 4.79 Å². The molecule has 7 nitrogen and oxygen atoms in total. The molecule has 2 aromatic carbocycles. The third kappa shape index (κ3) is 3.99. The number of hydrogen-bond acceptors (Lipinski definition) is 6. The monoisotopic (exact) mass is 373 g/mol. The van der Waals surface area contributed by atoms with Crippen molar-refractivity contribution in [3.8, 4) is 11.4 Å². The molecule has 0 aliphatic carbocycles. The molecule has 134 valence electrons. The Balaban J connectivity index is 1.73. The van der Waals surface area contributed by atoms with Crippen LogP contribution < -0.4 is 10.1 Å². The normalized spacial score (nSPS) is 11.8. The van der Waals surface area contributed by atoms with E-state index in [0.717, 1.165) is 0 Å². The maximum absolute atomic E-state index is 13.4. The fourth-order valence-electron chi connectivity index (χ4n) is 2.22. The van der Waals surface area contributed by atoms with E-state index < -0.39 is 11.1 Å². The number of rotatable bonds is 6. The van der Waals surface area contributed by atoms with Gasteiger partial charge in [0.1, 0.15) is 11.6 Å². The summed E-state index contributed by atoms with van der Waals surface area (Å²) in [6.07, 6.45) is 0. The summed E-state index contributed by atoms with van der Waals surface area (Å²) >= 11 is 1.17. The van der Waals surface area contributed by atoms with E-state index in [0.29, 0.717) is 22.3 Å². The van der Waals surface area contributed by atoms with Gasteiger partial charge in [-0.15, -0.1) is 5.10 Å². The maximum atomic E-state index is 13.4. The molecule has 0 saturated heterocycles. The molecule has 1 aromatic heterocycles. The summed E-state index contributed by atoms with van der Waals surface area (Å²) in [6.45, 7) is 1.74. The topological polar surface area (TPSA) is 81.9 Å². The number of amides is 1. The van der Waals surface area contributed by atoms with Gasteiger partial charge in [-0.2, -0.15) is 4.68 Å². The average Bonchev–Trinajstić information content (AvgIpc) is 3.10. The van der Waals surface area contributed by atoms with Gasteiger partial charge in [0.25, 0.3) is 0 Å². The zero-order valence-corrected chi connectivity index (χ0v) is 14.9. The number of anilines is 1. The van der Waals surface area contributed by atoms with Crippen LogP contribution in [0, 0.1) is 5.82 Å². The van der Waals surface area contributed by atoms with E-state index in [2.05, 4.69) is 20.8 Å². The number of nitrogens with zero attached hydrogens (tertiary/aromatic N) is 4. The molecule has 1 amide bonds. The Morgan fingerprint density at radius 2 is 2.08 bits per heavy atom. The van der Waals surface area contributed by atoms with Gasteiger partial charge in [0.15, 0.2) is 0 Å². The highest BCUT2D eigenvalue weighted by Gasteiger charge is 2.20. The minimum absolute atomic E-state index is 0.228. The van der Waals surface area contributed by atoms with Crippen LogP contribution in [-0.4, -0.2) is 38.5 Å². The number of benzene rings is 2. The number of para-hydroxylation sites is 2. The van der Waals surface area contributed by atoms with E-state index >= 15 is 0 Å². The highest BCUT2D eigenvalue weighted by molar-refractivity contribution is 8.00. The first-order chi connectivity index (χ1) is 12.6. The van der Waals surface area contributed by atoms with E-state index in [1.165, 1.54) is 35.7 Å². The Labute approximate surface area is 153 Å². The van der Waals surface area contributed by atoms with Crippen molar-refractivity contribution in [1.29, 1.82) is 0 Å². The van der Waals surface area contributed by atoms with Gasteiger partial charge in [-0.1, -0.05) is 30.0 Å². The van der Waals surface area contributed by atoms with Crippen molar-refractivity contribution in [2.45, 2.75) is 17.3 Å². The molecule has 3 rings (SSSR count). The third-order valence-electron chi connectivity index (χ3n) is 3.51. The van der Waals surface area contributed by atoms with Crippen LogP contribution in [0.3, 0.4) is 0 Å². The number of halogens is 1. The van der Waals surface area contributed by atoms with E-state index in [1.54, 1.807) is 37.3 Å². The summed E-state index contributed by atoms with van der Waals surface area (Å²) in [6, 6.07) is 13.1. The van der Waals surface area contributed by atoms with Crippen LogP contribution >= 0.6 is 11.8 Å². The van der Waals surface area contributed by atoms with E-state index in [9.17, 15) is 9.18 Å². The Morgan fingerprint density at radius 1 is 1.27 bits per heavy atom. The second-order valence-corrected chi connectivity index (χ2v) is 6.61. The lowest BCUT2D eigenvalue weighted by atomic mass is 10.3. The first kappa shape index (κ1) is 17.9. The highest BCUT2D eigenvalue weighted by Crippen LogP contribution is 2.27. The number of aromatic nitrogens is 4. The van der Waals surface area contributed by atoms with Crippen LogP contribution in [0.1, 0.15) is 6.92 Å². The second kappa shape index (κ2) is 7.96. The molecule has 26 heavy (non-hydrogen) atoms. The summed E-state index contributed by atoms with van der Waals surface area (Å²) in [5.74, 6) is -0.0492. The van der Waals surface area contributed by atoms with Gasteiger partial charge < -0.3 is 10.1 Å². The molecule has 0 fully saturated rings. The predicted octanol–water partition coefficient (Wildman–Crippen LogP) is 2.93. The molecule has 1 atom stereocenters. The van der Waals surface area contributed by atoms with Crippen LogP contribution in [0.2, 0.25) is 0 Å². The van der Waals surface area contributed by atoms with E-state index in [-0.39, 0.29) is 5.91 Å². The smallest absolute Gasteiger partial charge is 0.237 e. The number of thioether (sulfide) groups is 1. The fraction of sp³-hybridized carbons (Fsp3) is 0.176. The quantitative estimate of drug-likeness (QED) is 0.669. The molecule has 0 radical (unpaired) electrons. The zero-order valence-electron chi connectivity index (χ0n) is 14.1. The summed E-state index contributed by atoms with van der Waals surface area (Å²) < 4.78 is 20.0. The second-order valence-electron chi connectivity index (χ2n) is 5.30. The van der Waals surface area contributed by atoms with Gasteiger partial charge in [0, 0.05) is 0 Å². The van der Waals surface area contributed by atoms with Crippen molar-refractivity contribution < 1.29 is 13.9 Å². The zero-order chi connectivity index (χ0) is 18.5. The largest absolute Gasteiger partial charge is 0.495 e. The van der Waals surface area contributed by atoms with Crippen molar-refractivity contribution in [2.24, 2.45) is 0 Å². The molecule has 1 heterocycles. The Kier molecular flexibility index (Phi) is 5.47. The first-order valence-corrected chi connectivity index (χ1v) is 8.61. The Bertz CT molecular complexity index is 917. The number of carbonyl (C=O) groups excluding carboxylic acids is 1. The number of methoxy groups -OCH3 is 1. The van der Waals surface area contributed by atoms with Gasteiger partial charge in [-0.25, -0.2) is 4.39 Å².